The zero-order valence-corrected chi connectivity index (χ0v) is 6.36. The van der Waals surface area contributed by atoms with Crippen LogP contribution in [0.3, 0.4) is 0 Å². The van der Waals surface area contributed by atoms with Crippen molar-refractivity contribution in [3.63, 3.8) is 0 Å². The highest BCUT2D eigenvalue weighted by atomic mass is 35.5. The molecule has 2 heterocycles. The molecule has 0 amide bonds. The molecular weight excluding hydrogens is 152 g/mol. The maximum Gasteiger partial charge on any atom is 0.253 e. The first kappa shape index (κ1) is 6.62. The highest BCUT2D eigenvalue weighted by Crippen LogP contribution is 2.44. The van der Waals surface area contributed by atoms with Crippen molar-refractivity contribution in [2.75, 3.05) is 0 Å². The zero-order chi connectivity index (χ0) is 7.19. The number of hydrogen-bond donors (Lipinski definition) is 0. The molecule has 0 radical (unpaired) electrons. The quantitative estimate of drug-likeness (QED) is 0.543. The largest absolute Gasteiger partial charge is 0.363 e. The fourth-order valence-electron chi connectivity index (χ4n) is 1.86. The molecule has 0 aliphatic carbocycles. The highest BCUT2D eigenvalue weighted by molar-refractivity contribution is 6.65. The van der Waals surface area contributed by atoms with Crippen LogP contribution in [0.4, 0.5) is 0 Å². The van der Waals surface area contributed by atoms with E-state index in [4.69, 9.17) is 16.3 Å². The Balaban J connectivity index is 2.23. The Morgan fingerprint density at radius 1 is 1.50 bits per heavy atom. The maximum atomic E-state index is 10.9. The molecular formula is C7H9ClO2. The van der Waals surface area contributed by atoms with E-state index in [1.54, 1.807) is 0 Å². The van der Waals surface area contributed by atoms with Gasteiger partial charge in [0.1, 0.15) is 5.60 Å². The van der Waals surface area contributed by atoms with Crippen LogP contribution in [0.15, 0.2) is 0 Å². The van der Waals surface area contributed by atoms with Gasteiger partial charge in [0.2, 0.25) is 0 Å². The second-order valence-electron chi connectivity index (χ2n) is 3.09. The molecule has 0 saturated carbocycles. The van der Waals surface area contributed by atoms with Crippen LogP contribution in [0.5, 0.6) is 0 Å². The van der Waals surface area contributed by atoms with Crippen LogP contribution >= 0.6 is 11.6 Å². The lowest BCUT2D eigenvalue weighted by Crippen LogP contribution is -2.31. The third kappa shape index (κ3) is 0.722. The van der Waals surface area contributed by atoms with Crippen LogP contribution in [-0.4, -0.2) is 16.9 Å². The van der Waals surface area contributed by atoms with E-state index in [-0.39, 0.29) is 5.24 Å². The van der Waals surface area contributed by atoms with Gasteiger partial charge in [-0.2, -0.15) is 0 Å². The van der Waals surface area contributed by atoms with Crippen molar-refractivity contribution in [3.8, 4) is 0 Å². The summed E-state index contributed by atoms with van der Waals surface area (Å²) in [7, 11) is 0. The molecule has 2 fully saturated rings. The lowest BCUT2D eigenvalue weighted by Gasteiger charge is -2.17. The third-order valence-electron chi connectivity index (χ3n) is 2.49. The van der Waals surface area contributed by atoms with Crippen LogP contribution in [-0.2, 0) is 9.53 Å². The second-order valence-corrected chi connectivity index (χ2v) is 3.43. The van der Waals surface area contributed by atoms with Crippen molar-refractivity contribution in [1.82, 2.24) is 0 Å². The van der Waals surface area contributed by atoms with Crippen molar-refractivity contribution in [1.29, 1.82) is 0 Å². The standard InChI is InChI=1S/C7H9ClO2/c8-6(9)7-3-1-5(10-7)2-4-7/h5H,1-4H2. The molecule has 2 nitrogen and oxygen atoms in total. The summed E-state index contributed by atoms with van der Waals surface area (Å²) >= 11 is 5.40. The molecule has 2 aliphatic heterocycles. The van der Waals surface area contributed by atoms with Gasteiger partial charge in [0, 0.05) is 0 Å². The molecule has 0 aromatic carbocycles. The predicted molar refractivity (Wildman–Crippen MR) is 36.9 cm³/mol. The summed E-state index contributed by atoms with van der Waals surface area (Å²) in [6.45, 7) is 0. The Kier molecular flexibility index (Phi) is 1.29. The van der Waals surface area contributed by atoms with E-state index >= 15 is 0 Å². The minimum atomic E-state index is -0.563. The highest BCUT2D eigenvalue weighted by Gasteiger charge is 2.50. The van der Waals surface area contributed by atoms with Gasteiger partial charge in [0.25, 0.3) is 5.24 Å². The lowest BCUT2D eigenvalue weighted by molar-refractivity contribution is -0.128. The molecule has 3 heteroatoms. The average molecular weight is 161 g/mol. The van der Waals surface area contributed by atoms with Gasteiger partial charge in [-0.3, -0.25) is 4.79 Å². The Labute approximate surface area is 64.5 Å². The van der Waals surface area contributed by atoms with Gasteiger partial charge < -0.3 is 4.74 Å². The van der Waals surface area contributed by atoms with Gasteiger partial charge in [-0.1, -0.05) is 0 Å². The molecule has 2 bridgehead atoms. The van der Waals surface area contributed by atoms with Crippen LogP contribution < -0.4 is 0 Å². The van der Waals surface area contributed by atoms with E-state index in [0.29, 0.717) is 6.10 Å². The molecule has 2 saturated heterocycles. The smallest absolute Gasteiger partial charge is 0.253 e. The molecule has 0 N–H and O–H groups in total. The zero-order valence-electron chi connectivity index (χ0n) is 5.60. The maximum absolute atomic E-state index is 10.9. The summed E-state index contributed by atoms with van der Waals surface area (Å²) in [6.07, 6.45) is 4.01. The van der Waals surface area contributed by atoms with Crippen LogP contribution in [0.25, 0.3) is 0 Å². The van der Waals surface area contributed by atoms with E-state index < -0.39 is 5.60 Å². The summed E-state index contributed by atoms with van der Waals surface area (Å²) in [5.74, 6) is 0. The van der Waals surface area contributed by atoms with Crippen LogP contribution in [0.1, 0.15) is 25.7 Å². The molecule has 10 heavy (non-hydrogen) atoms. The van der Waals surface area contributed by atoms with Gasteiger partial charge in [0.15, 0.2) is 0 Å². The Bertz CT molecular complexity index is 170. The first-order chi connectivity index (χ1) is 4.73. The molecule has 2 aliphatic rings. The van der Waals surface area contributed by atoms with E-state index in [1.807, 2.05) is 0 Å². The van der Waals surface area contributed by atoms with E-state index in [1.165, 1.54) is 0 Å². The van der Waals surface area contributed by atoms with Gasteiger partial charge in [-0.05, 0) is 37.3 Å². The third-order valence-corrected chi connectivity index (χ3v) is 2.84. The van der Waals surface area contributed by atoms with E-state index in [9.17, 15) is 4.79 Å². The van der Waals surface area contributed by atoms with E-state index in [0.717, 1.165) is 25.7 Å². The molecule has 2 rings (SSSR count). The molecule has 0 aromatic heterocycles. The summed E-state index contributed by atoms with van der Waals surface area (Å²) in [5.41, 5.74) is -0.563. The summed E-state index contributed by atoms with van der Waals surface area (Å²) in [5, 5.41) is -0.299. The van der Waals surface area contributed by atoms with Crippen molar-refractivity contribution < 1.29 is 9.53 Å². The van der Waals surface area contributed by atoms with Gasteiger partial charge >= 0.3 is 0 Å². The van der Waals surface area contributed by atoms with Crippen molar-refractivity contribution in [2.24, 2.45) is 0 Å². The molecule has 0 unspecified atom stereocenters. The summed E-state index contributed by atoms with van der Waals surface area (Å²) in [6, 6.07) is 0. The summed E-state index contributed by atoms with van der Waals surface area (Å²) in [4.78, 5) is 10.9. The normalized spacial score (nSPS) is 44.3. The SMILES string of the molecule is O=C(Cl)C12CCC(CC1)O2. The van der Waals surface area contributed by atoms with Crippen molar-refractivity contribution in [2.45, 2.75) is 37.4 Å². The Hall–Kier alpha value is -0.0800. The minimum Gasteiger partial charge on any atom is -0.363 e. The first-order valence-electron chi connectivity index (χ1n) is 3.61. The fourth-order valence-corrected chi connectivity index (χ4v) is 2.09. The number of hydrogen-bond acceptors (Lipinski definition) is 2. The van der Waals surface area contributed by atoms with Crippen molar-refractivity contribution >= 4 is 16.8 Å². The Morgan fingerprint density at radius 2 is 2.10 bits per heavy atom. The predicted octanol–water partition coefficient (Wildman–Crippen LogP) is 1.46. The Morgan fingerprint density at radius 3 is 2.30 bits per heavy atom. The van der Waals surface area contributed by atoms with Gasteiger partial charge in [-0.25, -0.2) is 0 Å². The second kappa shape index (κ2) is 1.95. The molecule has 56 valence electrons. The number of carbonyl (C=O) groups is 1. The number of halogens is 1. The first-order valence-corrected chi connectivity index (χ1v) is 3.98. The van der Waals surface area contributed by atoms with E-state index in [2.05, 4.69) is 0 Å². The van der Waals surface area contributed by atoms with Crippen LogP contribution in [0.2, 0.25) is 0 Å². The van der Waals surface area contributed by atoms with Crippen molar-refractivity contribution in [3.05, 3.63) is 0 Å². The number of rotatable bonds is 1. The van der Waals surface area contributed by atoms with Crippen LogP contribution in [0, 0.1) is 0 Å². The monoisotopic (exact) mass is 160 g/mol. The molecule has 0 spiro atoms. The topological polar surface area (TPSA) is 26.3 Å². The number of carbonyl (C=O) groups excluding carboxylic acids is 1. The molecule has 0 atom stereocenters. The summed E-state index contributed by atoms with van der Waals surface area (Å²) < 4.78 is 5.44. The molecule has 0 aromatic rings. The van der Waals surface area contributed by atoms with Gasteiger partial charge in [-0.15, -0.1) is 0 Å². The lowest BCUT2D eigenvalue weighted by atomic mass is 9.90. The van der Waals surface area contributed by atoms with Gasteiger partial charge in [0.05, 0.1) is 6.10 Å². The number of fused-ring (bicyclic) bond motifs is 2. The fraction of sp³-hybridized carbons (Fsp3) is 0.857. The number of ether oxygens (including phenoxy) is 1. The minimum absolute atomic E-state index is 0.299. The average Bonchev–Trinajstić information content (AvgIpc) is 2.45.